The zero-order valence-corrected chi connectivity index (χ0v) is 14.2. The first kappa shape index (κ1) is 16.6. The molecule has 104 valence electrons. The molecule has 0 atom stereocenters. The Kier molecular flexibility index (Phi) is 4.78. The van der Waals surface area contributed by atoms with E-state index in [0.29, 0.717) is 17.8 Å². The van der Waals surface area contributed by atoms with Crippen LogP contribution >= 0.6 is 58.0 Å². The van der Waals surface area contributed by atoms with Crippen molar-refractivity contribution >= 4 is 58.0 Å². The van der Waals surface area contributed by atoms with Crippen molar-refractivity contribution < 1.29 is 0 Å². The molecular weight excluding hydrogens is 339 g/mol. The molecule has 0 aliphatic heterocycles. The van der Waals surface area contributed by atoms with E-state index in [0.717, 1.165) is 0 Å². The lowest BCUT2D eigenvalue weighted by molar-refractivity contribution is 0.404. The third kappa shape index (κ3) is 3.57. The van der Waals surface area contributed by atoms with E-state index in [1.54, 1.807) is 7.05 Å². The van der Waals surface area contributed by atoms with Gasteiger partial charge in [-0.1, -0.05) is 84.0 Å². The number of aromatic nitrogens is 3. The van der Waals surface area contributed by atoms with Crippen molar-refractivity contribution in [2.75, 3.05) is 0 Å². The number of halogens is 5. The molecule has 0 amide bonds. The highest BCUT2D eigenvalue weighted by atomic mass is 35.6. The van der Waals surface area contributed by atoms with E-state index in [4.69, 9.17) is 58.0 Å². The Bertz CT molecular complexity index is 428. The van der Waals surface area contributed by atoms with Crippen molar-refractivity contribution in [1.82, 2.24) is 15.0 Å². The molecular formula is C10H14Cl5N3. The molecule has 1 aromatic heterocycles. The van der Waals surface area contributed by atoms with Gasteiger partial charge in [0.2, 0.25) is 8.13 Å². The van der Waals surface area contributed by atoms with Crippen LogP contribution in [0.5, 0.6) is 0 Å². The molecule has 0 N–H and O–H groups in total. The first-order chi connectivity index (χ1) is 7.86. The molecule has 0 saturated heterocycles. The smallest absolute Gasteiger partial charge is 0.228 e. The first-order valence-electron chi connectivity index (χ1n) is 5.20. The monoisotopic (exact) mass is 351 g/mol. The maximum absolute atomic E-state index is 6.19. The fraction of sp³-hybridized carbons (Fsp3) is 0.800. The summed E-state index contributed by atoms with van der Waals surface area (Å²) >= 11 is 29.9. The van der Waals surface area contributed by atoms with Gasteiger partial charge < -0.3 is 0 Å². The topological polar surface area (TPSA) is 30.7 Å². The van der Waals surface area contributed by atoms with E-state index < -0.39 is 8.13 Å². The van der Waals surface area contributed by atoms with Crippen LogP contribution in [-0.4, -0.2) is 18.8 Å². The second kappa shape index (κ2) is 5.17. The maximum Gasteiger partial charge on any atom is 0.228 e. The third-order valence-corrected chi connectivity index (χ3v) is 4.60. The first-order valence-corrected chi connectivity index (χ1v) is 7.09. The zero-order valence-electron chi connectivity index (χ0n) is 10.4. The molecule has 1 aromatic rings. The summed E-state index contributed by atoms with van der Waals surface area (Å²) in [6.07, 6.45) is 0.623. The molecule has 0 fully saturated rings. The van der Waals surface area contributed by atoms with Gasteiger partial charge in [0.1, 0.15) is 5.69 Å². The van der Waals surface area contributed by atoms with Crippen LogP contribution in [0.4, 0.5) is 0 Å². The second-order valence-corrected chi connectivity index (χ2v) is 8.93. The largest absolute Gasteiger partial charge is 0.249 e. The predicted octanol–water partition coefficient (Wildman–Crippen LogP) is 4.40. The lowest BCUT2D eigenvalue weighted by Gasteiger charge is -2.28. The summed E-state index contributed by atoms with van der Waals surface area (Å²) in [7, 11) is 1.66. The number of hydrogen-bond donors (Lipinski definition) is 0. The van der Waals surface area contributed by atoms with E-state index >= 15 is 0 Å². The Hall–Kier alpha value is 0.590. The average Bonchev–Trinajstić information content (AvgIpc) is 2.42. The quantitative estimate of drug-likeness (QED) is 0.738. The molecule has 0 aliphatic rings. The summed E-state index contributed by atoms with van der Waals surface area (Å²) in [4.78, 5) is 0. The summed E-state index contributed by atoms with van der Waals surface area (Å²) < 4.78 is -2.16. The number of aryl methyl sites for hydroxylation is 1. The van der Waals surface area contributed by atoms with Crippen molar-refractivity contribution in [2.45, 2.75) is 35.3 Å². The summed E-state index contributed by atoms with van der Waals surface area (Å²) in [5, 5.41) is 7.95. The predicted molar refractivity (Wildman–Crippen MR) is 77.8 cm³/mol. The summed E-state index contributed by atoms with van der Waals surface area (Å²) in [6, 6.07) is 0. The van der Waals surface area contributed by atoms with Crippen LogP contribution in [0.3, 0.4) is 0 Å². The molecule has 8 heteroatoms. The minimum Gasteiger partial charge on any atom is -0.249 e. The van der Waals surface area contributed by atoms with Gasteiger partial charge in [-0.3, -0.25) is 0 Å². The SMILES string of the molecule is Cn1nnc(CC(C)(C)C)c1C(Cl)(Cl)C(Cl)(Cl)Cl. The minimum absolute atomic E-state index is 0.0117. The molecule has 0 saturated carbocycles. The Labute approximate surface area is 132 Å². The number of alkyl halides is 5. The van der Waals surface area contributed by atoms with Gasteiger partial charge in [0.25, 0.3) is 0 Å². The van der Waals surface area contributed by atoms with E-state index in [9.17, 15) is 0 Å². The van der Waals surface area contributed by atoms with Gasteiger partial charge in [-0.15, -0.1) is 5.10 Å². The lowest BCUT2D eigenvalue weighted by Crippen LogP contribution is -2.32. The molecule has 0 radical (unpaired) electrons. The van der Waals surface area contributed by atoms with Crippen LogP contribution in [0.2, 0.25) is 0 Å². The number of hydrogen-bond acceptors (Lipinski definition) is 2. The van der Waals surface area contributed by atoms with Crippen molar-refractivity contribution in [2.24, 2.45) is 12.5 Å². The van der Waals surface area contributed by atoms with E-state index in [2.05, 4.69) is 31.1 Å². The van der Waals surface area contributed by atoms with Gasteiger partial charge in [0.15, 0.2) is 0 Å². The molecule has 18 heavy (non-hydrogen) atoms. The van der Waals surface area contributed by atoms with Gasteiger partial charge in [0.05, 0.1) is 5.69 Å². The molecule has 0 unspecified atom stereocenters. The molecule has 0 bridgehead atoms. The molecule has 1 rings (SSSR count). The Morgan fingerprint density at radius 3 is 1.94 bits per heavy atom. The Morgan fingerprint density at radius 1 is 1.06 bits per heavy atom. The molecule has 0 aromatic carbocycles. The van der Waals surface area contributed by atoms with Crippen LogP contribution < -0.4 is 0 Å². The van der Waals surface area contributed by atoms with Crippen molar-refractivity contribution in [3.05, 3.63) is 11.4 Å². The van der Waals surface area contributed by atoms with E-state index in [1.165, 1.54) is 4.68 Å². The Balaban J connectivity index is 3.29. The van der Waals surface area contributed by atoms with Gasteiger partial charge >= 0.3 is 0 Å². The summed E-state index contributed by atoms with van der Waals surface area (Å²) in [5.74, 6) is 0. The zero-order chi connectivity index (χ0) is 14.4. The standard InChI is InChI=1S/C10H14Cl5N3/c1-8(2,3)5-6-7(18(4)17-16-6)9(11,12)10(13,14)15/h5H2,1-4H3. The highest BCUT2D eigenvalue weighted by Crippen LogP contribution is 2.53. The fourth-order valence-corrected chi connectivity index (χ4v) is 2.27. The minimum atomic E-state index is -1.88. The molecule has 1 heterocycles. The van der Waals surface area contributed by atoms with Crippen molar-refractivity contribution in [3.63, 3.8) is 0 Å². The van der Waals surface area contributed by atoms with Crippen LogP contribution in [0.25, 0.3) is 0 Å². The van der Waals surface area contributed by atoms with Gasteiger partial charge in [0, 0.05) is 7.05 Å². The van der Waals surface area contributed by atoms with Gasteiger partial charge in [-0.2, -0.15) is 0 Å². The molecule has 3 nitrogen and oxygen atoms in total. The average molecular weight is 354 g/mol. The highest BCUT2D eigenvalue weighted by Gasteiger charge is 2.51. The van der Waals surface area contributed by atoms with Crippen LogP contribution in [0.1, 0.15) is 32.2 Å². The van der Waals surface area contributed by atoms with Crippen molar-refractivity contribution in [1.29, 1.82) is 0 Å². The normalized spacial score (nSPS) is 14.1. The van der Waals surface area contributed by atoms with E-state index in [-0.39, 0.29) is 5.41 Å². The maximum atomic E-state index is 6.19. The molecule has 0 spiro atoms. The van der Waals surface area contributed by atoms with Crippen LogP contribution in [-0.2, 0) is 17.8 Å². The number of nitrogens with zero attached hydrogens (tertiary/aromatic N) is 3. The third-order valence-electron chi connectivity index (χ3n) is 2.25. The van der Waals surface area contributed by atoms with Crippen LogP contribution in [0.15, 0.2) is 0 Å². The second-order valence-electron chi connectivity index (χ2n) is 5.32. The number of rotatable bonds is 2. The lowest BCUT2D eigenvalue weighted by atomic mass is 9.89. The highest BCUT2D eigenvalue weighted by molar-refractivity contribution is 6.75. The van der Waals surface area contributed by atoms with Crippen molar-refractivity contribution in [3.8, 4) is 0 Å². The van der Waals surface area contributed by atoms with Crippen LogP contribution in [0, 0.1) is 5.41 Å². The Morgan fingerprint density at radius 2 is 1.56 bits per heavy atom. The fourth-order valence-electron chi connectivity index (χ4n) is 1.54. The summed E-state index contributed by atoms with van der Waals surface area (Å²) in [6.45, 7) is 6.18. The van der Waals surface area contributed by atoms with Gasteiger partial charge in [-0.05, 0) is 11.8 Å². The summed E-state index contributed by atoms with van der Waals surface area (Å²) in [5.41, 5.74) is 1.02. The van der Waals surface area contributed by atoms with Gasteiger partial charge in [-0.25, -0.2) is 4.68 Å². The molecule has 0 aliphatic carbocycles. The van der Waals surface area contributed by atoms with E-state index in [1.807, 2.05) is 0 Å².